The predicted octanol–water partition coefficient (Wildman–Crippen LogP) is 2.10. The van der Waals surface area contributed by atoms with Crippen LogP contribution in [0.5, 0.6) is 0 Å². The summed E-state index contributed by atoms with van der Waals surface area (Å²) in [7, 11) is 0. The quantitative estimate of drug-likeness (QED) is 0.143. The number of hydrogen-bond acceptors (Lipinski definition) is 4. The van der Waals surface area contributed by atoms with Crippen LogP contribution in [-0.2, 0) is 14.3 Å². The minimum atomic E-state index is -1.38. The van der Waals surface area contributed by atoms with Crippen molar-refractivity contribution in [2.75, 3.05) is 6.61 Å². The number of esters is 1. The Hall–Kier alpha value is 0.316. The third kappa shape index (κ3) is 26.3. The Kier molecular flexibility index (Phi) is 26.6. The van der Waals surface area contributed by atoms with E-state index in [9.17, 15) is 14.7 Å². The zero-order valence-electron chi connectivity index (χ0n) is 17.8. The molecule has 0 N–H and O–H groups in total. The molecule has 5 heteroatoms. The molecule has 0 aliphatic heterocycles. The van der Waals surface area contributed by atoms with Crippen LogP contribution in [0.15, 0.2) is 12.2 Å². The van der Waals surface area contributed by atoms with Gasteiger partial charge in [0, 0.05) is 6.08 Å². The third-order valence-corrected chi connectivity index (χ3v) is 4.60. The van der Waals surface area contributed by atoms with Gasteiger partial charge in [0.25, 0.3) is 0 Å². The van der Waals surface area contributed by atoms with Crippen molar-refractivity contribution in [3.8, 4) is 0 Å². The molecular formula is C22H39KO4. The smallest absolute Gasteiger partial charge is 0.545 e. The van der Waals surface area contributed by atoms with Crippen molar-refractivity contribution in [2.24, 2.45) is 0 Å². The molecule has 27 heavy (non-hydrogen) atoms. The largest absolute Gasteiger partial charge is 1.00 e. The number of carbonyl (C=O) groups excluding carboxylic acids is 2. The normalized spacial score (nSPS) is 10.7. The Morgan fingerprint density at radius 2 is 1.04 bits per heavy atom. The van der Waals surface area contributed by atoms with Gasteiger partial charge in [-0.2, -0.15) is 0 Å². The molecule has 0 atom stereocenters. The van der Waals surface area contributed by atoms with Crippen molar-refractivity contribution in [1.29, 1.82) is 0 Å². The standard InChI is InChI=1S/C22H40O4.K/c1-2-3-4-5-6-7-8-9-10-11-12-13-14-15-16-17-20-26-22(25)19-18-21(23)24;/h18-19H,2-17,20H2,1H3,(H,23,24);/q;+1/p-1/b19-18+;. The van der Waals surface area contributed by atoms with E-state index in [1.807, 2.05) is 0 Å². The number of carbonyl (C=O) groups is 2. The Bertz CT molecular complexity index is 369. The number of hydrogen-bond donors (Lipinski definition) is 0. The molecule has 0 aromatic heterocycles. The Morgan fingerprint density at radius 3 is 1.41 bits per heavy atom. The Labute approximate surface area is 209 Å². The van der Waals surface area contributed by atoms with E-state index in [0.29, 0.717) is 12.7 Å². The fraction of sp³-hybridized carbons (Fsp3) is 0.818. The molecule has 0 bridgehead atoms. The third-order valence-electron chi connectivity index (χ3n) is 4.60. The molecule has 0 radical (unpaired) electrons. The van der Waals surface area contributed by atoms with Gasteiger partial charge in [-0.05, 0) is 12.5 Å². The molecule has 0 spiro atoms. The number of unbranched alkanes of at least 4 members (excludes halogenated alkanes) is 15. The summed E-state index contributed by atoms with van der Waals surface area (Å²) in [6.07, 6.45) is 22.4. The van der Waals surface area contributed by atoms with Gasteiger partial charge in [-0.3, -0.25) is 0 Å². The van der Waals surface area contributed by atoms with Crippen molar-refractivity contribution in [3.05, 3.63) is 12.2 Å². The maximum atomic E-state index is 11.1. The minimum Gasteiger partial charge on any atom is -0.545 e. The number of ether oxygens (including phenoxy) is 1. The second-order valence-corrected chi connectivity index (χ2v) is 7.12. The van der Waals surface area contributed by atoms with Gasteiger partial charge >= 0.3 is 57.4 Å². The van der Waals surface area contributed by atoms with Crippen LogP contribution in [0.25, 0.3) is 0 Å². The number of carboxylic acid groups (broad SMARTS) is 1. The van der Waals surface area contributed by atoms with Gasteiger partial charge in [-0.1, -0.05) is 103 Å². The Morgan fingerprint density at radius 1 is 0.667 bits per heavy atom. The van der Waals surface area contributed by atoms with Crippen molar-refractivity contribution >= 4 is 11.9 Å². The number of aliphatic carboxylic acids is 1. The number of rotatable bonds is 19. The molecule has 0 saturated heterocycles. The van der Waals surface area contributed by atoms with E-state index in [0.717, 1.165) is 18.9 Å². The molecule has 0 aliphatic carbocycles. The molecule has 0 heterocycles. The van der Waals surface area contributed by atoms with Gasteiger partial charge in [0.2, 0.25) is 0 Å². The monoisotopic (exact) mass is 406 g/mol. The second kappa shape index (κ2) is 24.4. The van der Waals surface area contributed by atoms with E-state index in [1.165, 1.54) is 89.9 Å². The number of carboxylic acids is 1. The van der Waals surface area contributed by atoms with Crippen molar-refractivity contribution in [1.82, 2.24) is 0 Å². The second-order valence-electron chi connectivity index (χ2n) is 7.12. The van der Waals surface area contributed by atoms with E-state index >= 15 is 0 Å². The summed E-state index contributed by atoms with van der Waals surface area (Å²) in [5.74, 6) is -2.00. The van der Waals surface area contributed by atoms with E-state index in [2.05, 4.69) is 6.92 Å². The fourth-order valence-electron chi connectivity index (χ4n) is 3.01. The maximum Gasteiger partial charge on any atom is 1.00 e. The van der Waals surface area contributed by atoms with Crippen LogP contribution in [0.1, 0.15) is 110 Å². The van der Waals surface area contributed by atoms with Crippen LogP contribution < -0.4 is 56.5 Å². The molecule has 4 nitrogen and oxygen atoms in total. The van der Waals surface area contributed by atoms with Gasteiger partial charge in [0.15, 0.2) is 0 Å². The molecule has 0 fully saturated rings. The summed E-state index contributed by atoms with van der Waals surface area (Å²) in [6, 6.07) is 0. The molecule has 0 aromatic carbocycles. The zero-order chi connectivity index (χ0) is 19.3. The Balaban J connectivity index is 0. The SMILES string of the molecule is CCCCCCCCCCCCCCCCCCOC(=O)/C=C/C(=O)[O-].[K+]. The van der Waals surface area contributed by atoms with E-state index in [-0.39, 0.29) is 51.4 Å². The molecular weight excluding hydrogens is 367 g/mol. The van der Waals surface area contributed by atoms with Gasteiger partial charge in [-0.15, -0.1) is 0 Å². The minimum absolute atomic E-state index is 0. The zero-order valence-corrected chi connectivity index (χ0v) is 20.9. The first-order valence-corrected chi connectivity index (χ1v) is 10.7. The topological polar surface area (TPSA) is 66.4 Å². The molecule has 0 amide bonds. The molecule has 0 rings (SSSR count). The average Bonchev–Trinajstić information content (AvgIpc) is 2.62. The summed E-state index contributed by atoms with van der Waals surface area (Å²) in [6.45, 7) is 2.62. The predicted molar refractivity (Wildman–Crippen MR) is 105 cm³/mol. The van der Waals surface area contributed by atoms with Gasteiger partial charge in [0.1, 0.15) is 0 Å². The molecule has 152 valence electrons. The van der Waals surface area contributed by atoms with E-state index in [4.69, 9.17) is 4.74 Å². The summed E-state index contributed by atoms with van der Waals surface area (Å²) < 4.78 is 4.89. The van der Waals surface area contributed by atoms with Crippen LogP contribution in [0.2, 0.25) is 0 Å². The first-order valence-electron chi connectivity index (χ1n) is 10.7. The molecule has 0 aromatic rings. The first-order chi connectivity index (χ1) is 12.7. The van der Waals surface area contributed by atoms with Gasteiger partial charge in [-0.25, -0.2) is 4.79 Å². The van der Waals surface area contributed by atoms with Crippen LogP contribution in [0.3, 0.4) is 0 Å². The van der Waals surface area contributed by atoms with Gasteiger partial charge in [0.05, 0.1) is 12.6 Å². The van der Waals surface area contributed by atoms with Crippen molar-refractivity contribution in [3.63, 3.8) is 0 Å². The summed E-state index contributed by atoms with van der Waals surface area (Å²) in [5.41, 5.74) is 0. The fourth-order valence-corrected chi connectivity index (χ4v) is 3.01. The summed E-state index contributed by atoms with van der Waals surface area (Å²) in [5, 5.41) is 10.1. The van der Waals surface area contributed by atoms with Crippen molar-refractivity contribution < 1.29 is 70.8 Å². The van der Waals surface area contributed by atoms with Crippen LogP contribution >= 0.6 is 0 Å². The van der Waals surface area contributed by atoms with Gasteiger partial charge < -0.3 is 14.6 Å². The van der Waals surface area contributed by atoms with E-state index in [1.54, 1.807) is 0 Å². The van der Waals surface area contributed by atoms with Crippen LogP contribution in [0.4, 0.5) is 0 Å². The molecule has 0 aliphatic rings. The van der Waals surface area contributed by atoms with Crippen LogP contribution in [0, 0.1) is 0 Å². The summed E-state index contributed by atoms with van der Waals surface area (Å²) >= 11 is 0. The maximum absolute atomic E-state index is 11.1. The van der Waals surface area contributed by atoms with Crippen LogP contribution in [-0.4, -0.2) is 18.5 Å². The summed E-state index contributed by atoms with van der Waals surface area (Å²) in [4.78, 5) is 21.2. The first kappa shape index (κ1) is 29.5. The van der Waals surface area contributed by atoms with Crippen molar-refractivity contribution in [2.45, 2.75) is 110 Å². The van der Waals surface area contributed by atoms with E-state index < -0.39 is 11.9 Å². The average molecular weight is 407 g/mol. The molecule has 0 saturated carbocycles. The molecule has 0 unspecified atom stereocenters.